The predicted octanol–water partition coefficient (Wildman–Crippen LogP) is 6.09. The normalized spacial score (nSPS) is 10.5. The molecular formula is C21H15Cl2FN2O7S. The lowest BCUT2D eigenvalue weighted by Crippen LogP contribution is -2.15. The first-order valence-electron chi connectivity index (χ1n) is 9.47. The zero-order chi connectivity index (χ0) is 24.8. The Balaban J connectivity index is 1.77. The highest BCUT2D eigenvalue weighted by Gasteiger charge is 2.20. The molecule has 0 aliphatic rings. The van der Waals surface area contributed by atoms with E-state index >= 15 is 0 Å². The van der Waals surface area contributed by atoms with Gasteiger partial charge in [0.05, 0.1) is 33.3 Å². The van der Waals surface area contributed by atoms with Crippen molar-refractivity contribution in [3.05, 3.63) is 72.6 Å². The maximum atomic E-state index is 14.2. The number of hydrogen-bond acceptors (Lipinski definition) is 8. The van der Waals surface area contributed by atoms with Gasteiger partial charge in [0.2, 0.25) is 0 Å². The number of anilines is 1. The van der Waals surface area contributed by atoms with Crippen LogP contribution >= 0.6 is 34.5 Å². The molecule has 34 heavy (non-hydrogen) atoms. The highest BCUT2D eigenvalue weighted by molar-refractivity contribution is 7.12. The molecule has 0 unspecified atom stereocenters. The topological polar surface area (TPSA) is 117 Å². The van der Waals surface area contributed by atoms with E-state index in [0.717, 1.165) is 23.5 Å². The maximum Gasteiger partial charge on any atom is 0.344 e. The minimum Gasteiger partial charge on any atom is -0.480 e. The molecule has 0 aliphatic carbocycles. The average Bonchev–Trinajstić information content (AvgIpc) is 3.24. The van der Waals surface area contributed by atoms with Crippen LogP contribution in [0.3, 0.4) is 0 Å². The number of nitro benzene ring substituents is 1. The number of benzene rings is 2. The van der Waals surface area contributed by atoms with E-state index < -0.39 is 34.9 Å². The number of amides is 1. The van der Waals surface area contributed by atoms with Crippen molar-refractivity contribution in [3.63, 3.8) is 0 Å². The molecule has 3 rings (SSSR count). The van der Waals surface area contributed by atoms with E-state index in [4.69, 9.17) is 37.4 Å². The second kappa shape index (κ2) is 11.1. The first-order valence-corrected chi connectivity index (χ1v) is 11.1. The van der Waals surface area contributed by atoms with Gasteiger partial charge in [-0.3, -0.25) is 14.9 Å². The third-order valence-corrected chi connectivity index (χ3v) is 5.60. The van der Waals surface area contributed by atoms with Crippen molar-refractivity contribution in [2.45, 2.75) is 6.92 Å². The molecule has 9 nitrogen and oxygen atoms in total. The summed E-state index contributed by atoms with van der Waals surface area (Å²) < 4.78 is 29.8. The first kappa shape index (κ1) is 25.2. The number of halogens is 3. The molecule has 3 aromatic rings. The fraction of sp³-hybridized carbons (Fsp3) is 0.143. The summed E-state index contributed by atoms with van der Waals surface area (Å²) in [4.78, 5) is 34.5. The monoisotopic (exact) mass is 528 g/mol. The van der Waals surface area contributed by atoms with Gasteiger partial charge in [-0.2, -0.15) is 0 Å². The summed E-state index contributed by atoms with van der Waals surface area (Å²) in [5, 5.41) is 15.1. The van der Waals surface area contributed by atoms with Gasteiger partial charge in [0.25, 0.3) is 11.6 Å². The molecule has 13 heteroatoms. The van der Waals surface area contributed by atoms with E-state index in [-0.39, 0.29) is 44.5 Å². The molecule has 0 bridgehead atoms. The quantitative estimate of drug-likeness (QED) is 0.203. The molecule has 0 aliphatic heterocycles. The molecule has 0 atom stereocenters. The van der Waals surface area contributed by atoms with Gasteiger partial charge in [0.1, 0.15) is 10.6 Å². The Bertz CT molecular complexity index is 1250. The number of carbonyl (C=O) groups is 2. The molecule has 1 aromatic heterocycles. The summed E-state index contributed by atoms with van der Waals surface area (Å²) in [5.74, 6) is -2.37. The fourth-order valence-electron chi connectivity index (χ4n) is 2.60. The molecule has 0 radical (unpaired) electrons. The fourth-order valence-corrected chi connectivity index (χ4v) is 3.80. The molecule has 178 valence electrons. The van der Waals surface area contributed by atoms with Gasteiger partial charge in [0.15, 0.2) is 23.9 Å². The van der Waals surface area contributed by atoms with Crippen LogP contribution in [0.2, 0.25) is 10.0 Å². The SMILES string of the molecule is CCOC(=O)COc1cc(NC(=O)c2sccc2Oc2ccc([N+](=O)[O-])cc2F)c(Cl)cc1Cl. The molecule has 1 amide bonds. The lowest BCUT2D eigenvalue weighted by molar-refractivity contribution is -0.385. The van der Waals surface area contributed by atoms with Crippen LogP contribution in [0, 0.1) is 15.9 Å². The highest BCUT2D eigenvalue weighted by Crippen LogP contribution is 2.36. The van der Waals surface area contributed by atoms with E-state index in [1.54, 1.807) is 12.3 Å². The number of nitrogens with zero attached hydrogens (tertiary/aromatic N) is 1. The second-order valence-corrected chi connectivity index (χ2v) is 8.13. The molecule has 0 fully saturated rings. The Hall–Kier alpha value is -3.41. The maximum absolute atomic E-state index is 14.2. The molecule has 0 saturated heterocycles. The number of rotatable bonds is 9. The number of non-ortho nitro benzene ring substituents is 1. The number of nitrogens with one attached hydrogen (secondary N) is 1. The molecule has 2 aromatic carbocycles. The summed E-state index contributed by atoms with van der Waals surface area (Å²) >= 11 is 13.3. The van der Waals surface area contributed by atoms with Gasteiger partial charge in [-0.05, 0) is 30.5 Å². The number of carbonyl (C=O) groups excluding carboxylic acids is 2. The highest BCUT2D eigenvalue weighted by atomic mass is 35.5. The summed E-state index contributed by atoms with van der Waals surface area (Å²) in [6.45, 7) is 1.44. The van der Waals surface area contributed by atoms with Crippen molar-refractivity contribution in [1.82, 2.24) is 0 Å². The van der Waals surface area contributed by atoms with Gasteiger partial charge in [-0.15, -0.1) is 11.3 Å². The van der Waals surface area contributed by atoms with Gasteiger partial charge < -0.3 is 19.5 Å². The summed E-state index contributed by atoms with van der Waals surface area (Å²) in [7, 11) is 0. The lowest BCUT2D eigenvalue weighted by Gasteiger charge is -2.13. The Morgan fingerprint density at radius 2 is 1.88 bits per heavy atom. The van der Waals surface area contributed by atoms with Gasteiger partial charge in [-0.25, -0.2) is 9.18 Å². The lowest BCUT2D eigenvalue weighted by atomic mass is 10.2. The largest absolute Gasteiger partial charge is 0.480 e. The van der Waals surface area contributed by atoms with Crippen LogP contribution < -0.4 is 14.8 Å². The van der Waals surface area contributed by atoms with Crippen LogP contribution in [0.4, 0.5) is 15.8 Å². The van der Waals surface area contributed by atoms with Crippen LogP contribution in [-0.2, 0) is 9.53 Å². The van der Waals surface area contributed by atoms with Gasteiger partial charge in [-0.1, -0.05) is 23.2 Å². The van der Waals surface area contributed by atoms with Crippen LogP contribution in [0.1, 0.15) is 16.6 Å². The second-order valence-electron chi connectivity index (χ2n) is 6.40. The zero-order valence-corrected chi connectivity index (χ0v) is 19.6. The zero-order valence-electron chi connectivity index (χ0n) is 17.3. The molecular weight excluding hydrogens is 514 g/mol. The molecule has 1 N–H and O–H groups in total. The third-order valence-electron chi connectivity index (χ3n) is 4.10. The van der Waals surface area contributed by atoms with E-state index in [1.165, 1.54) is 18.2 Å². The van der Waals surface area contributed by atoms with E-state index in [2.05, 4.69) is 5.32 Å². The first-order chi connectivity index (χ1) is 16.2. The van der Waals surface area contributed by atoms with Crippen LogP contribution in [0.25, 0.3) is 0 Å². The standard InChI is InChI=1S/C21H15Cl2FN2O7S/c1-2-31-19(27)10-32-18-9-15(12(22)8-13(18)23)25-21(28)20-17(5-6-34-20)33-16-4-3-11(26(29)30)7-14(16)24/h3-9H,2,10H2,1H3,(H,25,28). The molecule has 0 saturated carbocycles. The third kappa shape index (κ3) is 6.13. The Morgan fingerprint density at radius 3 is 2.56 bits per heavy atom. The van der Waals surface area contributed by atoms with Crippen molar-refractivity contribution < 1.29 is 33.1 Å². The van der Waals surface area contributed by atoms with Crippen LogP contribution in [0.5, 0.6) is 17.2 Å². The number of esters is 1. The summed E-state index contributed by atoms with van der Waals surface area (Å²) in [6.07, 6.45) is 0. The van der Waals surface area contributed by atoms with E-state index in [1.807, 2.05) is 0 Å². The number of thiophene rings is 1. The van der Waals surface area contributed by atoms with Gasteiger partial charge in [0, 0.05) is 12.1 Å². The van der Waals surface area contributed by atoms with Crippen LogP contribution in [0.15, 0.2) is 41.8 Å². The predicted molar refractivity (Wildman–Crippen MR) is 124 cm³/mol. The van der Waals surface area contributed by atoms with Crippen molar-refractivity contribution in [2.75, 3.05) is 18.5 Å². The Morgan fingerprint density at radius 1 is 1.12 bits per heavy atom. The average molecular weight is 529 g/mol. The minimum absolute atomic E-state index is 0.0270. The number of nitro groups is 1. The van der Waals surface area contributed by atoms with Crippen molar-refractivity contribution >= 4 is 57.8 Å². The molecule has 0 spiro atoms. The van der Waals surface area contributed by atoms with E-state index in [0.29, 0.717) is 6.07 Å². The Kier molecular flexibility index (Phi) is 8.26. The Labute approximate surface area is 206 Å². The van der Waals surface area contributed by atoms with Crippen molar-refractivity contribution in [1.29, 1.82) is 0 Å². The minimum atomic E-state index is -0.962. The number of ether oxygens (including phenoxy) is 3. The van der Waals surface area contributed by atoms with Crippen molar-refractivity contribution in [2.24, 2.45) is 0 Å². The van der Waals surface area contributed by atoms with Gasteiger partial charge >= 0.3 is 5.97 Å². The number of hydrogen-bond donors (Lipinski definition) is 1. The summed E-state index contributed by atoms with van der Waals surface area (Å²) in [6, 6.07) is 7.00. The van der Waals surface area contributed by atoms with E-state index in [9.17, 15) is 24.1 Å². The van der Waals surface area contributed by atoms with Crippen LogP contribution in [-0.4, -0.2) is 30.0 Å². The summed E-state index contributed by atoms with van der Waals surface area (Å²) in [5.41, 5.74) is -0.303. The molecule has 1 heterocycles. The van der Waals surface area contributed by atoms with Crippen molar-refractivity contribution in [3.8, 4) is 17.2 Å². The smallest absolute Gasteiger partial charge is 0.344 e.